The Morgan fingerprint density at radius 3 is 2.43 bits per heavy atom. The van der Waals surface area contributed by atoms with Crippen molar-refractivity contribution in [2.24, 2.45) is 0 Å². The summed E-state index contributed by atoms with van der Waals surface area (Å²) in [5.41, 5.74) is -0.239. The lowest BCUT2D eigenvalue weighted by molar-refractivity contribution is -0.119. The van der Waals surface area contributed by atoms with Gasteiger partial charge in [0.15, 0.2) is 0 Å². The molecule has 114 valence electrons. The Morgan fingerprint density at radius 2 is 1.95 bits per heavy atom. The molecule has 1 atom stereocenters. The number of urea groups is 1. The molecule has 2 aliphatic rings. The molecule has 0 radical (unpaired) electrons. The zero-order chi connectivity index (χ0) is 15.4. The van der Waals surface area contributed by atoms with Crippen LogP contribution in [0.25, 0.3) is 0 Å². The highest BCUT2D eigenvalue weighted by atomic mass is 16.2. The highest BCUT2D eigenvalue weighted by Gasteiger charge is 2.51. The van der Waals surface area contributed by atoms with Gasteiger partial charge in [-0.05, 0) is 40.0 Å². The van der Waals surface area contributed by atoms with Crippen LogP contribution in [-0.4, -0.2) is 43.7 Å². The average Bonchev–Trinajstić information content (AvgIpc) is 3.04. The van der Waals surface area contributed by atoms with Gasteiger partial charge >= 0.3 is 6.03 Å². The van der Waals surface area contributed by atoms with E-state index in [4.69, 9.17) is 0 Å². The first-order valence-electron chi connectivity index (χ1n) is 7.43. The molecule has 1 aromatic heterocycles. The Bertz CT molecular complexity index is 584. The molecule has 2 fully saturated rings. The molecule has 21 heavy (non-hydrogen) atoms. The Balaban J connectivity index is 1.93. The third-order valence-electron chi connectivity index (χ3n) is 3.95. The molecule has 2 heterocycles. The van der Waals surface area contributed by atoms with Gasteiger partial charge in [-0.25, -0.2) is 9.48 Å². The average molecular weight is 291 g/mol. The quantitative estimate of drug-likeness (QED) is 0.795. The molecule has 1 saturated carbocycles. The molecule has 1 saturated heterocycles. The van der Waals surface area contributed by atoms with E-state index in [1.54, 1.807) is 15.9 Å². The molecular weight excluding hydrogens is 270 g/mol. The summed E-state index contributed by atoms with van der Waals surface area (Å²) in [4.78, 5) is 32.1. The zero-order valence-corrected chi connectivity index (χ0v) is 12.9. The van der Waals surface area contributed by atoms with Crippen molar-refractivity contribution in [2.45, 2.75) is 64.6 Å². The summed E-state index contributed by atoms with van der Waals surface area (Å²) >= 11 is 0. The van der Waals surface area contributed by atoms with Crippen molar-refractivity contribution in [1.82, 2.24) is 19.7 Å². The van der Waals surface area contributed by atoms with E-state index in [2.05, 4.69) is 10.1 Å². The summed E-state index contributed by atoms with van der Waals surface area (Å²) < 4.78 is 1.67. The van der Waals surface area contributed by atoms with Crippen LogP contribution >= 0.6 is 0 Å². The van der Waals surface area contributed by atoms with E-state index < -0.39 is 0 Å². The lowest BCUT2D eigenvalue weighted by Crippen LogP contribution is -2.36. The molecule has 3 rings (SSSR count). The normalized spacial score (nSPS) is 23.3. The van der Waals surface area contributed by atoms with Crippen molar-refractivity contribution >= 4 is 17.9 Å². The fraction of sp³-hybridized carbons (Fsp3) is 0.714. The van der Waals surface area contributed by atoms with E-state index >= 15 is 0 Å². The predicted molar refractivity (Wildman–Crippen MR) is 76.8 cm³/mol. The minimum atomic E-state index is -0.369. The number of rotatable bonds is 3. The molecular formula is C14H21N5O2. The summed E-state index contributed by atoms with van der Waals surface area (Å²) in [5.74, 6) is -0.0254. The lowest BCUT2D eigenvalue weighted by atomic mass is 10.1. The second-order valence-electron chi connectivity index (χ2n) is 6.68. The molecule has 1 aliphatic heterocycles. The van der Waals surface area contributed by atoms with Crippen molar-refractivity contribution in [3.63, 3.8) is 0 Å². The van der Waals surface area contributed by atoms with Crippen LogP contribution in [0, 0.1) is 0 Å². The van der Waals surface area contributed by atoms with Crippen molar-refractivity contribution in [3.05, 3.63) is 6.33 Å². The largest absolute Gasteiger partial charge is 0.334 e. The molecule has 1 aliphatic carbocycles. The van der Waals surface area contributed by atoms with Crippen LogP contribution in [0.3, 0.4) is 0 Å². The van der Waals surface area contributed by atoms with Gasteiger partial charge in [-0.2, -0.15) is 9.88 Å². The smallest absolute Gasteiger partial charge is 0.309 e. The molecule has 1 aromatic rings. The third kappa shape index (κ3) is 2.20. The van der Waals surface area contributed by atoms with E-state index in [1.807, 2.05) is 27.7 Å². The van der Waals surface area contributed by atoms with Crippen molar-refractivity contribution < 1.29 is 9.59 Å². The van der Waals surface area contributed by atoms with Crippen molar-refractivity contribution in [2.75, 3.05) is 4.90 Å². The molecule has 0 N–H and O–H groups in total. The van der Waals surface area contributed by atoms with Gasteiger partial charge in [-0.3, -0.25) is 4.79 Å². The van der Waals surface area contributed by atoms with E-state index in [0.29, 0.717) is 6.42 Å². The van der Waals surface area contributed by atoms with Gasteiger partial charge in [-0.1, -0.05) is 6.92 Å². The number of amides is 3. The number of anilines is 1. The van der Waals surface area contributed by atoms with Crippen LogP contribution in [0.5, 0.6) is 0 Å². The number of hydrogen-bond donors (Lipinski definition) is 0. The number of nitrogens with zero attached hydrogens (tertiary/aromatic N) is 5. The number of carbonyl (C=O) groups is 2. The van der Waals surface area contributed by atoms with Crippen LogP contribution in [-0.2, 0) is 10.3 Å². The first-order chi connectivity index (χ1) is 9.84. The number of imide groups is 1. The van der Waals surface area contributed by atoms with Gasteiger partial charge in [0.05, 0.1) is 5.54 Å². The van der Waals surface area contributed by atoms with Gasteiger partial charge in [0.1, 0.15) is 12.4 Å². The highest BCUT2D eigenvalue weighted by molar-refractivity contribution is 6.20. The van der Waals surface area contributed by atoms with Gasteiger partial charge in [-0.15, -0.1) is 5.10 Å². The van der Waals surface area contributed by atoms with Crippen LogP contribution in [0.4, 0.5) is 10.7 Å². The van der Waals surface area contributed by atoms with Crippen molar-refractivity contribution in [1.29, 1.82) is 0 Å². The number of carbonyl (C=O) groups excluding carboxylic acids is 2. The van der Waals surface area contributed by atoms with Crippen LogP contribution < -0.4 is 4.90 Å². The predicted octanol–water partition coefficient (Wildman–Crippen LogP) is 1.74. The molecule has 7 nitrogen and oxygen atoms in total. The molecule has 0 spiro atoms. The lowest BCUT2D eigenvalue weighted by Gasteiger charge is -2.19. The van der Waals surface area contributed by atoms with E-state index in [9.17, 15) is 9.59 Å². The van der Waals surface area contributed by atoms with Crippen molar-refractivity contribution in [3.8, 4) is 0 Å². The van der Waals surface area contributed by atoms with Gasteiger partial charge in [0.25, 0.3) is 11.9 Å². The second-order valence-corrected chi connectivity index (χ2v) is 6.68. The first-order valence-corrected chi connectivity index (χ1v) is 7.43. The fourth-order valence-corrected chi connectivity index (χ4v) is 2.61. The minimum absolute atomic E-state index is 0.182. The minimum Gasteiger partial charge on any atom is -0.309 e. The van der Waals surface area contributed by atoms with Gasteiger partial charge < -0.3 is 4.90 Å². The summed E-state index contributed by atoms with van der Waals surface area (Å²) in [5, 5.41) is 4.31. The van der Waals surface area contributed by atoms with Gasteiger partial charge in [0.2, 0.25) is 0 Å². The molecule has 3 amide bonds. The van der Waals surface area contributed by atoms with E-state index in [1.165, 1.54) is 0 Å². The Kier molecular flexibility index (Phi) is 3.04. The Morgan fingerprint density at radius 1 is 1.29 bits per heavy atom. The topological polar surface area (TPSA) is 71.3 Å². The maximum atomic E-state index is 12.6. The maximum absolute atomic E-state index is 12.6. The number of hydrogen-bond acceptors (Lipinski definition) is 4. The SMILES string of the molecule is CC[C@H]1C(=O)N(c2ncn(C(C)(C)C)n2)C(=O)N1C1CC1. The van der Waals surface area contributed by atoms with Gasteiger partial charge in [0, 0.05) is 6.04 Å². The number of aromatic nitrogens is 3. The molecule has 7 heteroatoms. The highest BCUT2D eigenvalue weighted by Crippen LogP contribution is 2.35. The summed E-state index contributed by atoms with van der Waals surface area (Å²) in [6, 6.07) is -0.436. The van der Waals surface area contributed by atoms with E-state index in [-0.39, 0.29) is 35.5 Å². The standard InChI is InChI=1S/C14H21N5O2/c1-5-10-11(20)19(13(21)18(10)9-6-7-9)12-15-8-17(16-12)14(2,3)4/h8-10H,5-7H2,1-4H3/t10-/m0/s1. The molecule has 0 bridgehead atoms. The summed E-state index contributed by atoms with van der Waals surface area (Å²) in [6.45, 7) is 7.90. The second kappa shape index (κ2) is 4.54. The maximum Gasteiger partial charge on any atom is 0.334 e. The summed E-state index contributed by atoms with van der Waals surface area (Å²) in [6.07, 6.45) is 4.15. The van der Waals surface area contributed by atoms with Crippen LogP contribution in [0.1, 0.15) is 47.0 Å². The van der Waals surface area contributed by atoms with E-state index in [0.717, 1.165) is 17.7 Å². The Hall–Kier alpha value is -1.92. The fourth-order valence-electron chi connectivity index (χ4n) is 2.61. The monoisotopic (exact) mass is 291 g/mol. The Labute approximate surface area is 123 Å². The molecule has 0 unspecified atom stereocenters. The first kappa shape index (κ1) is 14.0. The zero-order valence-electron chi connectivity index (χ0n) is 12.9. The van der Waals surface area contributed by atoms with Crippen LogP contribution in [0.2, 0.25) is 0 Å². The summed E-state index contributed by atoms with van der Waals surface area (Å²) in [7, 11) is 0. The van der Waals surface area contributed by atoms with Crippen LogP contribution in [0.15, 0.2) is 6.33 Å². The third-order valence-corrected chi connectivity index (χ3v) is 3.95. The molecule has 0 aromatic carbocycles.